The maximum absolute atomic E-state index is 11.8. The van der Waals surface area contributed by atoms with E-state index in [-0.39, 0.29) is 17.9 Å². The lowest BCUT2D eigenvalue weighted by Crippen LogP contribution is -2.29. The summed E-state index contributed by atoms with van der Waals surface area (Å²) in [5, 5.41) is 11.6. The number of amides is 1. The summed E-state index contributed by atoms with van der Waals surface area (Å²) in [7, 11) is 1.60. The van der Waals surface area contributed by atoms with Gasteiger partial charge in [-0.1, -0.05) is 12.1 Å². The van der Waals surface area contributed by atoms with E-state index in [1.54, 1.807) is 7.11 Å². The molecule has 1 saturated carbocycles. The third kappa shape index (κ3) is 3.05. The Morgan fingerprint density at radius 3 is 2.42 bits per heavy atom. The van der Waals surface area contributed by atoms with Crippen molar-refractivity contribution in [3.63, 3.8) is 0 Å². The lowest BCUT2D eigenvalue weighted by Gasteiger charge is -2.14. The highest BCUT2D eigenvalue weighted by Gasteiger charge is 2.48. The van der Waals surface area contributed by atoms with E-state index >= 15 is 0 Å². The monoisotopic (exact) mass is 263 g/mol. The number of carboxylic acid groups (broad SMARTS) is 1. The van der Waals surface area contributed by atoms with Crippen molar-refractivity contribution in [3.8, 4) is 5.75 Å². The first-order valence-corrected chi connectivity index (χ1v) is 6.20. The Morgan fingerprint density at radius 1 is 1.32 bits per heavy atom. The Bertz CT molecular complexity index is 483. The van der Waals surface area contributed by atoms with Crippen molar-refractivity contribution >= 4 is 11.9 Å². The fourth-order valence-corrected chi connectivity index (χ4v) is 2.05. The van der Waals surface area contributed by atoms with Crippen molar-refractivity contribution in [2.45, 2.75) is 19.4 Å². The number of hydrogen-bond acceptors (Lipinski definition) is 3. The average Bonchev–Trinajstić information content (AvgIpc) is 3.19. The molecular weight excluding hydrogens is 246 g/mol. The molecule has 3 atom stereocenters. The molecule has 19 heavy (non-hydrogen) atoms. The molecule has 0 aromatic heterocycles. The second kappa shape index (κ2) is 5.30. The van der Waals surface area contributed by atoms with Crippen molar-refractivity contribution in [3.05, 3.63) is 29.8 Å². The predicted octanol–water partition coefficient (Wildman–Crippen LogP) is 1.59. The molecule has 0 spiro atoms. The SMILES string of the molecule is COc1ccc([C@H](C)NC(=O)C2CC2C(=O)O)cc1. The van der Waals surface area contributed by atoms with Gasteiger partial charge in [-0.15, -0.1) is 0 Å². The molecule has 5 nitrogen and oxygen atoms in total. The fourth-order valence-electron chi connectivity index (χ4n) is 2.05. The molecule has 1 aliphatic carbocycles. The summed E-state index contributed by atoms with van der Waals surface area (Å²) in [6.07, 6.45) is 0.441. The number of carbonyl (C=O) groups is 2. The molecule has 1 fully saturated rings. The lowest BCUT2D eigenvalue weighted by atomic mass is 10.1. The van der Waals surface area contributed by atoms with Gasteiger partial charge in [0.2, 0.25) is 5.91 Å². The Labute approximate surface area is 111 Å². The largest absolute Gasteiger partial charge is 0.497 e. The maximum Gasteiger partial charge on any atom is 0.307 e. The molecule has 0 bridgehead atoms. The van der Waals surface area contributed by atoms with E-state index < -0.39 is 11.9 Å². The molecule has 1 aliphatic rings. The van der Waals surface area contributed by atoms with Crippen LogP contribution in [-0.2, 0) is 9.59 Å². The normalized spacial score (nSPS) is 22.4. The van der Waals surface area contributed by atoms with E-state index in [0.29, 0.717) is 6.42 Å². The minimum atomic E-state index is -0.891. The van der Waals surface area contributed by atoms with Crippen LogP contribution >= 0.6 is 0 Å². The van der Waals surface area contributed by atoms with Gasteiger partial charge in [-0.05, 0) is 31.0 Å². The number of hydrogen-bond donors (Lipinski definition) is 2. The van der Waals surface area contributed by atoms with E-state index in [0.717, 1.165) is 11.3 Å². The number of rotatable bonds is 5. The van der Waals surface area contributed by atoms with Crippen molar-refractivity contribution in [1.29, 1.82) is 0 Å². The summed E-state index contributed by atoms with van der Waals surface area (Å²) in [6.45, 7) is 1.87. The molecule has 5 heteroatoms. The van der Waals surface area contributed by atoms with Gasteiger partial charge in [-0.2, -0.15) is 0 Å². The summed E-state index contributed by atoms with van der Waals surface area (Å²) in [5.74, 6) is -1.20. The lowest BCUT2D eigenvalue weighted by molar-refractivity contribution is -0.140. The Morgan fingerprint density at radius 2 is 1.95 bits per heavy atom. The minimum Gasteiger partial charge on any atom is -0.497 e. The second-order valence-electron chi connectivity index (χ2n) is 4.79. The van der Waals surface area contributed by atoms with E-state index in [9.17, 15) is 9.59 Å². The number of benzene rings is 1. The molecule has 0 aliphatic heterocycles. The minimum absolute atomic E-state index is 0.145. The van der Waals surface area contributed by atoms with Gasteiger partial charge in [0.1, 0.15) is 5.75 Å². The van der Waals surface area contributed by atoms with Crippen LogP contribution in [0.5, 0.6) is 5.75 Å². The van der Waals surface area contributed by atoms with Crippen LogP contribution in [0, 0.1) is 11.8 Å². The van der Waals surface area contributed by atoms with Gasteiger partial charge >= 0.3 is 5.97 Å². The number of nitrogens with one attached hydrogen (secondary N) is 1. The molecule has 1 amide bonds. The standard InChI is InChI=1S/C14H17NO4/c1-8(9-3-5-10(19-2)6-4-9)15-13(16)11-7-12(11)14(17)18/h3-6,8,11-12H,7H2,1-2H3,(H,15,16)(H,17,18)/t8-,11?,12?/m0/s1. The van der Waals surface area contributed by atoms with Crippen LogP contribution in [0.1, 0.15) is 24.9 Å². The van der Waals surface area contributed by atoms with Crippen LogP contribution in [0.3, 0.4) is 0 Å². The second-order valence-corrected chi connectivity index (χ2v) is 4.79. The quantitative estimate of drug-likeness (QED) is 0.846. The third-order valence-corrected chi connectivity index (χ3v) is 3.42. The van der Waals surface area contributed by atoms with Gasteiger partial charge < -0.3 is 15.2 Å². The van der Waals surface area contributed by atoms with Crippen molar-refractivity contribution in [2.24, 2.45) is 11.8 Å². The van der Waals surface area contributed by atoms with Crippen molar-refractivity contribution < 1.29 is 19.4 Å². The number of carboxylic acids is 1. The van der Waals surface area contributed by atoms with Crippen LogP contribution in [0.2, 0.25) is 0 Å². The first-order valence-electron chi connectivity index (χ1n) is 6.20. The predicted molar refractivity (Wildman–Crippen MR) is 68.8 cm³/mol. The average molecular weight is 263 g/mol. The Balaban J connectivity index is 1.91. The first-order chi connectivity index (χ1) is 9.02. The number of aliphatic carboxylic acids is 1. The Hall–Kier alpha value is -2.04. The molecule has 2 N–H and O–H groups in total. The van der Waals surface area contributed by atoms with Crippen LogP contribution in [0.4, 0.5) is 0 Å². The van der Waals surface area contributed by atoms with E-state index in [1.807, 2.05) is 31.2 Å². The molecular formula is C14H17NO4. The smallest absolute Gasteiger partial charge is 0.307 e. The fraction of sp³-hybridized carbons (Fsp3) is 0.429. The summed E-state index contributed by atoms with van der Waals surface area (Å²) < 4.78 is 5.07. The molecule has 2 unspecified atom stereocenters. The summed E-state index contributed by atoms with van der Waals surface area (Å²) in [4.78, 5) is 22.5. The number of methoxy groups -OCH3 is 1. The summed E-state index contributed by atoms with van der Waals surface area (Å²) in [5.41, 5.74) is 0.960. The Kier molecular flexibility index (Phi) is 3.74. The molecule has 102 valence electrons. The molecule has 2 rings (SSSR count). The third-order valence-electron chi connectivity index (χ3n) is 3.42. The first kappa shape index (κ1) is 13.4. The van der Waals surface area contributed by atoms with Gasteiger partial charge in [-0.3, -0.25) is 9.59 Å². The molecule has 0 radical (unpaired) electrons. The zero-order chi connectivity index (χ0) is 14.0. The summed E-state index contributed by atoms with van der Waals surface area (Å²) >= 11 is 0. The topological polar surface area (TPSA) is 75.6 Å². The van der Waals surface area contributed by atoms with Gasteiger partial charge in [0, 0.05) is 0 Å². The van der Waals surface area contributed by atoms with E-state index in [1.165, 1.54) is 0 Å². The number of carbonyl (C=O) groups excluding carboxylic acids is 1. The molecule has 1 aromatic carbocycles. The molecule has 1 aromatic rings. The van der Waals surface area contributed by atoms with Crippen LogP contribution in [0.25, 0.3) is 0 Å². The summed E-state index contributed by atoms with van der Waals surface area (Å²) in [6, 6.07) is 7.27. The van der Waals surface area contributed by atoms with Crippen LogP contribution in [-0.4, -0.2) is 24.1 Å². The van der Waals surface area contributed by atoms with Crippen LogP contribution in [0.15, 0.2) is 24.3 Å². The highest BCUT2D eigenvalue weighted by atomic mass is 16.5. The van der Waals surface area contributed by atoms with Gasteiger partial charge in [0.05, 0.1) is 25.0 Å². The van der Waals surface area contributed by atoms with E-state index in [2.05, 4.69) is 5.32 Å². The highest BCUT2D eigenvalue weighted by molar-refractivity contribution is 5.89. The van der Waals surface area contributed by atoms with Crippen molar-refractivity contribution in [1.82, 2.24) is 5.32 Å². The van der Waals surface area contributed by atoms with Gasteiger partial charge in [0.15, 0.2) is 0 Å². The zero-order valence-corrected chi connectivity index (χ0v) is 10.9. The van der Waals surface area contributed by atoms with Crippen molar-refractivity contribution in [2.75, 3.05) is 7.11 Å². The molecule has 0 heterocycles. The van der Waals surface area contributed by atoms with Gasteiger partial charge in [-0.25, -0.2) is 0 Å². The highest BCUT2D eigenvalue weighted by Crippen LogP contribution is 2.39. The number of ether oxygens (including phenoxy) is 1. The maximum atomic E-state index is 11.8. The molecule has 0 saturated heterocycles. The zero-order valence-electron chi connectivity index (χ0n) is 10.9. The van der Waals surface area contributed by atoms with Gasteiger partial charge in [0.25, 0.3) is 0 Å². The van der Waals surface area contributed by atoms with Crippen LogP contribution < -0.4 is 10.1 Å². The van der Waals surface area contributed by atoms with E-state index in [4.69, 9.17) is 9.84 Å².